The minimum absolute atomic E-state index is 0.140. The first-order valence-electron chi connectivity index (χ1n) is 5.84. The zero-order valence-corrected chi connectivity index (χ0v) is 10.0. The molecule has 0 aromatic heterocycles. The second-order valence-corrected chi connectivity index (χ2v) is 4.63. The van der Waals surface area contributed by atoms with Gasteiger partial charge in [0.15, 0.2) is 0 Å². The average molecular weight is 236 g/mol. The van der Waals surface area contributed by atoms with Crippen molar-refractivity contribution in [2.75, 3.05) is 14.2 Å². The molecular formula is C13H16O4. The molecule has 1 aliphatic carbocycles. The van der Waals surface area contributed by atoms with E-state index in [1.54, 1.807) is 20.3 Å². The van der Waals surface area contributed by atoms with Crippen LogP contribution in [0, 0.1) is 0 Å². The lowest BCUT2D eigenvalue weighted by atomic mass is 9.91. The van der Waals surface area contributed by atoms with Gasteiger partial charge in [-0.1, -0.05) is 0 Å². The summed E-state index contributed by atoms with van der Waals surface area (Å²) in [4.78, 5) is 0. The third kappa shape index (κ3) is 1.33. The second kappa shape index (κ2) is 3.53. The van der Waals surface area contributed by atoms with Crippen LogP contribution in [0.5, 0.6) is 17.2 Å². The number of hydrogen-bond acceptors (Lipinski definition) is 4. The van der Waals surface area contributed by atoms with Gasteiger partial charge in [-0.3, -0.25) is 0 Å². The van der Waals surface area contributed by atoms with Crippen LogP contribution in [-0.4, -0.2) is 25.4 Å². The molecule has 0 radical (unpaired) electrons. The van der Waals surface area contributed by atoms with Crippen LogP contribution in [0.1, 0.15) is 24.8 Å². The molecule has 1 aliphatic heterocycles. The molecule has 0 bridgehead atoms. The predicted octanol–water partition coefficient (Wildman–Crippen LogP) is 1.84. The standard InChI is InChI=1S/C13H16O4/c1-15-8-6-9(16-2)12-10(7-8)17-11-4-3-5-13(11,12)14/h6-7,11,14H,3-5H2,1-2H3. The SMILES string of the molecule is COc1cc(OC)c2c(c1)OC1CCCC21O. The zero-order valence-electron chi connectivity index (χ0n) is 10.0. The highest BCUT2D eigenvalue weighted by molar-refractivity contribution is 5.57. The van der Waals surface area contributed by atoms with Crippen molar-refractivity contribution in [3.8, 4) is 17.2 Å². The topological polar surface area (TPSA) is 47.9 Å². The van der Waals surface area contributed by atoms with Gasteiger partial charge in [-0.15, -0.1) is 0 Å². The number of fused-ring (bicyclic) bond motifs is 3. The minimum Gasteiger partial charge on any atom is -0.496 e. The summed E-state index contributed by atoms with van der Waals surface area (Å²) in [6.45, 7) is 0. The normalized spacial score (nSPS) is 29.5. The van der Waals surface area contributed by atoms with Gasteiger partial charge < -0.3 is 19.3 Å². The van der Waals surface area contributed by atoms with E-state index in [9.17, 15) is 5.11 Å². The number of ether oxygens (including phenoxy) is 3. The van der Waals surface area contributed by atoms with Gasteiger partial charge in [0.2, 0.25) is 0 Å². The van der Waals surface area contributed by atoms with E-state index in [1.807, 2.05) is 6.07 Å². The summed E-state index contributed by atoms with van der Waals surface area (Å²) in [5.41, 5.74) is -0.101. The number of methoxy groups -OCH3 is 2. The van der Waals surface area contributed by atoms with Gasteiger partial charge in [0.05, 0.1) is 19.8 Å². The first kappa shape index (κ1) is 10.7. The monoisotopic (exact) mass is 236 g/mol. The molecule has 4 heteroatoms. The molecule has 0 saturated heterocycles. The van der Waals surface area contributed by atoms with Crippen LogP contribution < -0.4 is 14.2 Å². The van der Waals surface area contributed by atoms with Crippen molar-refractivity contribution < 1.29 is 19.3 Å². The largest absolute Gasteiger partial charge is 0.496 e. The maximum absolute atomic E-state index is 10.7. The smallest absolute Gasteiger partial charge is 0.133 e. The first-order valence-corrected chi connectivity index (χ1v) is 5.84. The maximum atomic E-state index is 10.7. The molecule has 2 unspecified atom stereocenters. The zero-order chi connectivity index (χ0) is 12.0. The summed E-state index contributed by atoms with van der Waals surface area (Å²) >= 11 is 0. The van der Waals surface area contributed by atoms with E-state index >= 15 is 0 Å². The lowest BCUT2D eigenvalue weighted by Gasteiger charge is -2.22. The summed E-state index contributed by atoms with van der Waals surface area (Å²) in [5, 5.41) is 10.7. The Balaban J connectivity index is 2.17. The third-order valence-electron chi connectivity index (χ3n) is 3.75. The van der Waals surface area contributed by atoms with Crippen molar-refractivity contribution in [3.63, 3.8) is 0 Å². The van der Waals surface area contributed by atoms with Crippen LogP contribution >= 0.6 is 0 Å². The maximum Gasteiger partial charge on any atom is 0.133 e. The third-order valence-corrected chi connectivity index (χ3v) is 3.75. The van der Waals surface area contributed by atoms with E-state index in [4.69, 9.17) is 14.2 Å². The lowest BCUT2D eigenvalue weighted by molar-refractivity contribution is -0.0180. The predicted molar refractivity (Wildman–Crippen MR) is 61.7 cm³/mol. The van der Waals surface area contributed by atoms with Crippen molar-refractivity contribution in [1.82, 2.24) is 0 Å². The van der Waals surface area contributed by atoms with Crippen LogP contribution in [-0.2, 0) is 5.60 Å². The highest BCUT2D eigenvalue weighted by atomic mass is 16.5. The van der Waals surface area contributed by atoms with E-state index in [1.165, 1.54) is 0 Å². The van der Waals surface area contributed by atoms with Crippen molar-refractivity contribution in [2.24, 2.45) is 0 Å². The molecule has 92 valence electrons. The summed E-state index contributed by atoms with van der Waals surface area (Å²) in [6, 6.07) is 3.61. The molecule has 1 saturated carbocycles. The highest BCUT2D eigenvalue weighted by Crippen LogP contribution is 2.54. The molecule has 1 heterocycles. The molecule has 4 nitrogen and oxygen atoms in total. The Bertz CT molecular complexity index is 457. The fourth-order valence-corrected chi connectivity index (χ4v) is 2.92. The fourth-order valence-electron chi connectivity index (χ4n) is 2.92. The van der Waals surface area contributed by atoms with Gasteiger partial charge >= 0.3 is 0 Å². The Morgan fingerprint density at radius 1 is 1.35 bits per heavy atom. The van der Waals surface area contributed by atoms with Crippen molar-refractivity contribution in [3.05, 3.63) is 17.7 Å². The summed E-state index contributed by atoms with van der Waals surface area (Å²) in [6.07, 6.45) is 2.46. The van der Waals surface area contributed by atoms with E-state index in [-0.39, 0.29) is 6.10 Å². The van der Waals surface area contributed by atoms with Gasteiger partial charge in [0.25, 0.3) is 0 Å². The summed E-state index contributed by atoms with van der Waals surface area (Å²) in [5.74, 6) is 2.02. The molecule has 2 atom stereocenters. The Morgan fingerprint density at radius 2 is 2.18 bits per heavy atom. The molecule has 1 aromatic carbocycles. The Morgan fingerprint density at radius 3 is 2.88 bits per heavy atom. The van der Waals surface area contributed by atoms with Crippen molar-refractivity contribution >= 4 is 0 Å². The Labute approximate surface area is 100 Å². The van der Waals surface area contributed by atoms with Crippen LogP contribution in [0.4, 0.5) is 0 Å². The van der Waals surface area contributed by atoms with Crippen LogP contribution in [0.2, 0.25) is 0 Å². The van der Waals surface area contributed by atoms with Crippen LogP contribution in [0.3, 0.4) is 0 Å². The first-order chi connectivity index (χ1) is 8.19. The van der Waals surface area contributed by atoms with Crippen LogP contribution in [0.25, 0.3) is 0 Å². The molecule has 1 N–H and O–H groups in total. The summed E-state index contributed by atoms with van der Waals surface area (Å²) < 4.78 is 16.4. The molecule has 3 rings (SSSR count). The Kier molecular flexibility index (Phi) is 2.23. The minimum atomic E-state index is -0.882. The molecule has 0 amide bonds. The van der Waals surface area contributed by atoms with E-state index < -0.39 is 5.60 Å². The lowest BCUT2D eigenvalue weighted by Crippen LogP contribution is -2.32. The number of benzene rings is 1. The van der Waals surface area contributed by atoms with Crippen molar-refractivity contribution in [1.29, 1.82) is 0 Å². The average Bonchev–Trinajstić information content (AvgIpc) is 2.81. The van der Waals surface area contributed by atoms with Crippen molar-refractivity contribution in [2.45, 2.75) is 31.0 Å². The molecule has 1 fully saturated rings. The molecular weight excluding hydrogens is 220 g/mol. The quantitative estimate of drug-likeness (QED) is 0.851. The number of aliphatic hydroxyl groups is 1. The molecule has 17 heavy (non-hydrogen) atoms. The Hall–Kier alpha value is -1.42. The highest BCUT2D eigenvalue weighted by Gasteiger charge is 2.52. The molecule has 2 aliphatic rings. The van der Waals surface area contributed by atoms with Crippen LogP contribution in [0.15, 0.2) is 12.1 Å². The van der Waals surface area contributed by atoms with Gasteiger partial charge in [0, 0.05) is 12.1 Å². The van der Waals surface area contributed by atoms with Gasteiger partial charge in [-0.2, -0.15) is 0 Å². The van der Waals surface area contributed by atoms with E-state index in [0.29, 0.717) is 17.2 Å². The van der Waals surface area contributed by atoms with Gasteiger partial charge in [-0.25, -0.2) is 0 Å². The summed E-state index contributed by atoms with van der Waals surface area (Å²) in [7, 11) is 3.20. The fraction of sp³-hybridized carbons (Fsp3) is 0.538. The van der Waals surface area contributed by atoms with Gasteiger partial charge in [-0.05, 0) is 19.3 Å². The van der Waals surface area contributed by atoms with Gasteiger partial charge in [0.1, 0.15) is 29.0 Å². The number of rotatable bonds is 2. The van der Waals surface area contributed by atoms with E-state index in [2.05, 4.69) is 0 Å². The number of hydrogen-bond donors (Lipinski definition) is 1. The molecule has 1 aromatic rings. The van der Waals surface area contributed by atoms with E-state index in [0.717, 1.165) is 24.8 Å². The second-order valence-electron chi connectivity index (χ2n) is 4.63. The molecule has 0 spiro atoms.